The summed E-state index contributed by atoms with van der Waals surface area (Å²) in [6, 6.07) is 16.9. The summed E-state index contributed by atoms with van der Waals surface area (Å²) in [5, 5.41) is 40.9. The van der Waals surface area contributed by atoms with Crippen molar-refractivity contribution in [2.45, 2.75) is 27.7 Å². The van der Waals surface area contributed by atoms with E-state index < -0.39 is 0 Å². The van der Waals surface area contributed by atoms with Crippen molar-refractivity contribution < 1.29 is 26.7 Å². The van der Waals surface area contributed by atoms with Crippen LogP contribution in [0.25, 0.3) is 0 Å². The molecular weight excluding hydrogens is 634 g/mol. The molecule has 4 aromatic rings. The average Bonchev–Trinajstić information content (AvgIpc) is 2.99. The minimum Gasteiger partial charge on any atom is -0.871 e. The van der Waals surface area contributed by atoms with Gasteiger partial charge in [0.15, 0.2) is 11.6 Å². The standard InChI is InChI=1S/2C15H17ClN4O.Ni/c2*1-3-20(4-2)12-6-7-13(14(21)9-12)18-19-15-8-5-11(16)10-17-15;/h2*5-10,21H,3-4H2,1-2H3;/q;;+2/p-2. The summed E-state index contributed by atoms with van der Waals surface area (Å²) in [4.78, 5) is 12.2. The molecule has 0 aliphatic heterocycles. The Bertz CT molecular complexity index is 1370. The number of hydrogen-bond acceptors (Lipinski definition) is 10. The predicted molar refractivity (Wildman–Crippen MR) is 166 cm³/mol. The molecule has 0 fully saturated rings. The quantitative estimate of drug-likeness (QED) is 0.124. The molecule has 43 heavy (non-hydrogen) atoms. The van der Waals surface area contributed by atoms with Gasteiger partial charge < -0.3 is 20.0 Å². The van der Waals surface area contributed by atoms with Crippen LogP contribution in [-0.2, 0) is 16.5 Å². The Morgan fingerprint density at radius 3 is 1.23 bits per heavy atom. The van der Waals surface area contributed by atoms with Crippen molar-refractivity contribution in [3.05, 3.63) is 83.1 Å². The van der Waals surface area contributed by atoms with Gasteiger partial charge in [-0.1, -0.05) is 34.7 Å². The minimum absolute atomic E-state index is 0. The molecule has 10 nitrogen and oxygen atoms in total. The summed E-state index contributed by atoms with van der Waals surface area (Å²) in [7, 11) is 0. The molecule has 0 aliphatic rings. The van der Waals surface area contributed by atoms with Crippen LogP contribution in [0.4, 0.5) is 34.4 Å². The summed E-state index contributed by atoms with van der Waals surface area (Å²) in [5.74, 6) is 0.507. The van der Waals surface area contributed by atoms with E-state index in [0.29, 0.717) is 33.1 Å². The first-order valence-corrected chi connectivity index (χ1v) is 14.2. The molecule has 13 heteroatoms. The Balaban J connectivity index is 0.000000293. The molecule has 0 aliphatic carbocycles. The van der Waals surface area contributed by atoms with Crippen LogP contribution in [0.5, 0.6) is 11.5 Å². The van der Waals surface area contributed by atoms with E-state index in [0.717, 1.165) is 37.6 Å². The first-order valence-electron chi connectivity index (χ1n) is 13.5. The number of azo groups is 2. The van der Waals surface area contributed by atoms with E-state index in [2.05, 4.69) is 40.2 Å². The van der Waals surface area contributed by atoms with Gasteiger partial charge in [-0.3, -0.25) is 0 Å². The third-order valence-corrected chi connectivity index (χ3v) is 6.54. The fourth-order valence-electron chi connectivity index (χ4n) is 3.81. The second-order valence-electron chi connectivity index (χ2n) is 8.72. The largest absolute Gasteiger partial charge is 2.00 e. The second kappa shape index (κ2) is 18.0. The predicted octanol–water partition coefficient (Wildman–Crippen LogP) is 8.14. The fraction of sp³-hybridized carbons (Fsp3) is 0.267. The Morgan fingerprint density at radius 1 is 0.581 bits per heavy atom. The van der Waals surface area contributed by atoms with E-state index in [1.165, 1.54) is 12.4 Å². The Morgan fingerprint density at radius 2 is 0.953 bits per heavy atom. The van der Waals surface area contributed by atoms with E-state index in [9.17, 15) is 10.2 Å². The maximum Gasteiger partial charge on any atom is 2.00 e. The number of benzene rings is 2. The van der Waals surface area contributed by atoms with Crippen LogP contribution in [0.2, 0.25) is 10.0 Å². The van der Waals surface area contributed by atoms with E-state index >= 15 is 0 Å². The second-order valence-corrected chi connectivity index (χ2v) is 9.59. The number of hydrogen-bond donors (Lipinski definition) is 0. The summed E-state index contributed by atoms with van der Waals surface area (Å²) >= 11 is 11.5. The zero-order chi connectivity index (χ0) is 30.5. The summed E-state index contributed by atoms with van der Waals surface area (Å²) < 4.78 is 0. The molecule has 4 rings (SSSR count). The van der Waals surface area contributed by atoms with Gasteiger partial charge in [0, 0.05) is 49.9 Å². The number of halogens is 2. The summed E-state index contributed by atoms with van der Waals surface area (Å²) in [6.45, 7) is 11.6. The van der Waals surface area contributed by atoms with Gasteiger partial charge in [-0.15, -0.1) is 20.5 Å². The Labute approximate surface area is 272 Å². The Kier molecular flexibility index (Phi) is 14.8. The molecule has 0 saturated carbocycles. The van der Waals surface area contributed by atoms with E-state index in [-0.39, 0.29) is 28.0 Å². The third kappa shape index (κ3) is 10.8. The molecule has 0 radical (unpaired) electrons. The van der Waals surface area contributed by atoms with E-state index in [1.54, 1.807) is 48.5 Å². The van der Waals surface area contributed by atoms with E-state index in [4.69, 9.17) is 23.2 Å². The van der Waals surface area contributed by atoms with Gasteiger partial charge in [0.25, 0.3) is 0 Å². The van der Waals surface area contributed by atoms with Crippen LogP contribution in [0.1, 0.15) is 27.7 Å². The molecule has 2 aromatic heterocycles. The van der Waals surface area contributed by atoms with Crippen LogP contribution in [0.15, 0.2) is 93.5 Å². The maximum atomic E-state index is 12.0. The van der Waals surface area contributed by atoms with Crippen LogP contribution < -0.4 is 20.0 Å². The van der Waals surface area contributed by atoms with Gasteiger partial charge in [0.05, 0.1) is 21.4 Å². The molecule has 2 heterocycles. The molecule has 0 amide bonds. The van der Waals surface area contributed by atoms with Crippen molar-refractivity contribution in [2.75, 3.05) is 36.0 Å². The summed E-state index contributed by atoms with van der Waals surface area (Å²) in [5.41, 5.74) is 2.38. The van der Waals surface area contributed by atoms with Gasteiger partial charge >= 0.3 is 16.5 Å². The van der Waals surface area contributed by atoms with Crippen molar-refractivity contribution in [3.63, 3.8) is 0 Å². The normalized spacial score (nSPS) is 10.7. The minimum atomic E-state index is -0.155. The third-order valence-electron chi connectivity index (χ3n) is 6.09. The van der Waals surface area contributed by atoms with E-state index in [1.807, 2.05) is 39.8 Å². The van der Waals surface area contributed by atoms with Gasteiger partial charge in [-0.05, 0) is 88.4 Å². The number of pyridine rings is 2. The SMILES string of the molecule is CCN(CC)c1ccc(N=Nc2ccc(Cl)cn2)c([O-])c1.CCN(CC)c1ccc(N=Nc2ccc(Cl)cn2)c([O-])c1.[Ni+2]. The molecule has 0 bridgehead atoms. The average molecular weight is 666 g/mol. The first kappa shape index (κ1) is 35.4. The van der Waals surface area contributed by atoms with Gasteiger partial charge in [0.2, 0.25) is 0 Å². The molecule has 228 valence electrons. The first-order chi connectivity index (χ1) is 20.3. The van der Waals surface area contributed by atoms with Crippen LogP contribution >= 0.6 is 23.2 Å². The molecular formula is C30H32Cl2N8NiO2. The number of nitrogens with zero attached hydrogens (tertiary/aromatic N) is 8. The topological polar surface area (TPSA) is 128 Å². The van der Waals surface area contributed by atoms with Crippen LogP contribution in [-0.4, -0.2) is 36.1 Å². The van der Waals surface area contributed by atoms with Crippen molar-refractivity contribution in [3.8, 4) is 11.5 Å². The molecule has 0 saturated heterocycles. The molecule has 0 spiro atoms. The number of anilines is 2. The Hall–Kier alpha value is -3.79. The van der Waals surface area contributed by atoms with Gasteiger partial charge in [0.1, 0.15) is 0 Å². The van der Waals surface area contributed by atoms with Gasteiger partial charge in [-0.25, -0.2) is 9.97 Å². The zero-order valence-electron chi connectivity index (χ0n) is 24.2. The smallest absolute Gasteiger partial charge is 0.871 e. The molecule has 0 atom stereocenters. The van der Waals surface area contributed by atoms with Crippen LogP contribution in [0.3, 0.4) is 0 Å². The number of rotatable bonds is 10. The van der Waals surface area contributed by atoms with Gasteiger partial charge in [-0.2, -0.15) is 0 Å². The van der Waals surface area contributed by atoms with Crippen molar-refractivity contribution in [2.24, 2.45) is 20.5 Å². The maximum absolute atomic E-state index is 12.0. The summed E-state index contributed by atoms with van der Waals surface area (Å²) in [6.07, 6.45) is 2.97. The molecule has 0 N–H and O–H groups in total. The van der Waals surface area contributed by atoms with Crippen molar-refractivity contribution >= 4 is 57.6 Å². The van der Waals surface area contributed by atoms with Crippen molar-refractivity contribution in [1.82, 2.24) is 9.97 Å². The van der Waals surface area contributed by atoms with Crippen LogP contribution in [0, 0.1) is 0 Å². The fourth-order valence-corrected chi connectivity index (χ4v) is 4.03. The molecule has 2 aromatic carbocycles. The van der Waals surface area contributed by atoms with Crippen molar-refractivity contribution in [1.29, 1.82) is 0 Å². The monoisotopic (exact) mass is 664 g/mol. The number of aromatic nitrogens is 2. The molecule has 0 unspecified atom stereocenters. The zero-order valence-corrected chi connectivity index (χ0v) is 26.7.